The molecule has 0 amide bonds. The number of hydrogen-bond donors (Lipinski definition) is 1. The van der Waals surface area contributed by atoms with Crippen molar-refractivity contribution in [2.75, 3.05) is 6.61 Å². The first-order valence-electron chi connectivity index (χ1n) is 4.71. The van der Waals surface area contributed by atoms with Gasteiger partial charge in [-0.25, -0.2) is 0 Å². The largest absolute Gasteiger partial charge is 1.00 e. The SMILES string of the molecule is CCC(=O)O.CCOc1ccc([O-])cc1.[Na+]. The van der Waals surface area contributed by atoms with Gasteiger partial charge in [-0.3, -0.25) is 4.79 Å². The van der Waals surface area contributed by atoms with Crippen LogP contribution in [0.5, 0.6) is 11.5 Å². The predicted molar refractivity (Wildman–Crippen MR) is 55.0 cm³/mol. The van der Waals surface area contributed by atoms with E-state index in [-0.39, 0.29) is 41.7 Å². The molecule has 0 unspecified atom stereocenters. The van der Waals surface area contributed by atoms with E-state index in [2.05, 4.69) is 0 Å². The van der Waals surface area contributed by atoms with Gasteiger partial charge in [0.2, 0.25) is 0 Å². The molecule has 0 saturated carbocycles. The van der Waals surface area contributed by atoms with E-state index in [1.54, 1.807) is 19.1 Å². The quantitative estimate of drug-likeness (QED) is 0.656. The molecule has 0 atom stereocenters. The summed E-state index contributed by atoms with van der Waals surface area (Å²) in [6.45, 7) is 4.14. The molecule has 0 radical (unpaired) electrons. The van der Waals surface area contributed by atoms with Crippen LogP contribution in [0.3, 0.4) is 0 Å². The van der Waals surface area contributed by atoms with Gasteiger partial charge in [0.25, 0.3) is 0 Å². The van der Waals surface area contributed by atoms with Crippen molar-refractivity contribution in [3.8, 4) is 11.5 Å². The maximum absolute atomic E-state index is 10.6. The van der Waals surface area contributed by atoms with Crippen LogP contribution in [0, 0.1) is 0 Å². The van der Waals surface area contributed by atoms with Gasteiger partial charge in [0.15, 0.2) is 0 Å². The summed E-state index contributed by atoms with van der Waals surface area (Å²) in [4.78, 5) is 9.37. The molecule has 0 aliphatic heterocycles. The van der Waals surface area contributed by atoms with E-state index in [0.29, 0.717) is 6.61 Å². The first-order chi connectivity index (χ1) is 7.10. The second-order valence-corrected chi connectivity index (χ2v) is 2.65. The van der Waals surface area contributed by atoms with Crippen LogP contribution in [0.2, 0.25) is 0 Å². The first kappa shape index (κ1) is 17.7. The smallest absolute Gasteiger partial charge is 0.872 e. The molecule has 0 aliphatic carbocycles. The molecule has 0 heterocycles. The maximum Gasteiger partial charge on any atom is 1.00 e. The van der Waals surface area contributed by atoms with Crippen molar-refractivity contribution in [2.24, 2.45) is 0 Å². The van der Waals surface area contributed by atoms with Crippen molar-refractivity contribution >= 4 is 5.97 Å². The third-order valence-electron chi connectivity index (χ3n) is 1.44. The van der Waals surface area contributed by atoms with Gasteiger partial charge in [0.05, 0.1) is 6.61 Å². The van der Waals surface area contributed by atoms with Gasteiger partial charge in [0, 0.05) is 6.42 Å². The molecule has 84 valence electrons. The minimum Gasteiger partial charge on any atom is -0.872 e. The molecule has 1 N–H and O–H groups in total. The molecule has 4 nitrogen and oxygen atoms in total. The summed E-state index contributed by atoms with van der Waals surface area (Å²) >= 11 is 0. The van der Waals surface area contributed by atoms with Crippen LogP contribution in [0.25, 0.3) is 0 Å². The number of ether oxygens (including phenoxy) is 1. The maximum atomic E-state index is 10.6. The summed E-state index contributed by atoms with van der Waals surface area (Å²) in [5, 5.41) is 18.3. The van der Waals surface area contributed by atoms with E-state index in [9.17, 15) is 9.90 Å². The zero-order chi connectivity index (χ0) is 11.7. The Kier molecular flexibility index (Phi) is 11.9. The van der Waals surface area contributed by atoms with Gasteiger partial charge in [-0.15, -0.1) is 5.75 Å². The molecule has 0 aromatic heterocycles. The van der Waals surface area contributed by atoms with Crippen molar-refractivity contribution in [3.63, 3.8) is 0 Å². The number of carboxylic acids is 1. The second-order valence-electron chi connectivity index (χ2n) is 2.65. The zero-order valence-electron chi connectivity index (χ0n) is 9.90. The average Bonchev–Trinajstić information content (AvgIpc) is 2.23. The van der Waals surface area contributed by atoms with E-state index in [0.717, 1.165) is 5.75 Å². The Labute approximate surface area is 118 Å². The average molecular weight is 234 g/mol. The Morgan fingerprint density at radius 3 is 2.06 bits per heavy atom. The monoisotopic (exact) mass is 234 g/mol. The van der Waals surface area contributed by atoms with Gasteiger partial charge in [-0.2, -0.15) is 0 Å². The fourth-order valence-electron chi connectivity index (χ4n) is 0.703. The van der Waals surface area contributed by atoms with Gasteiger partial charge >= 0.3 is 35.5 Å². The van der Waals surface area contributed by atoms with Gasteiger partial charge in [0.1, 0.15) is 5.75 Å². The van der Waals surface area contributed by atoms with Crippen LogP contribution in [-0.4, -0.2) is 17.7 Å². The van der Waals surface area contributed by atoms with Gasteiger partial charge in [-0.1, -0.05) is 19.1 Å². The minimum atomic E-state index is -0.745. The Bertz CT molecular complexity index is 285. The summed E-state index contributed by atoms with van der Waals surface area (Å²) in [7, 11) is 0. The fraction of sp³-hybridized carbons (Fsp3) is 0.364. The minimum absolute atomic E-state index is 0. The third-order valence-corrected chi connectivity index (χ3v) is 1.44. The van der Waals surface area contributed by atoms with Crippen molar-refractivity contribution < 1.29 is 49.3 Å². The summed E-state index contributed by atoms with van der Waals surface area (Å²) < 4.78 is 5.12. The summed E-state index contributed by atoms with van der Waals surface area (Å²) in [5.41, 5.74) is 0. The van der Waals surface area contributed by atoms with Crippen LogP contribution >= 0.6 is 0 Å². The van der Waals surface area contributed by atoms with E-state index >= 15 is 0 Å². The molecule has 1 aromatic rings. The molecule has 0 fully saturated rings. The van der Waals surface area contributed by atoms with Crippen LogP contribution in [0.15, 0.2) is 24.3 Å². The standard InChI is InChI=1S/C8H10O2.C3H6O2.Na/c1-2-10-8-5-3-7(9)4-6-8;1-2-3(4)5;/h3-6,9H,2H2,1H3;2H2,1H3,(H,4,5);/q;;+1/p-1. The van der Waals surface area contributed by atoms with Crippen molar-refractivity contribution in [1.82, 2.24) is 0 Å². The Morgan fingerprint density at radius 2 is 1.75 bits per heavy atom. The number of carbonyl (C=O) groups is 1. The fourth-order valence-corrected chi connectivity index (χ4v) is 0.703. The molecular weight excluding hydrogens is 219 g/mol. The van der Waals surface area contributed by atoms with Crippen LogP contribution < -0.4 is 39.4 Å². The number of rotatable bonds is 3. The van der Waals surface area contributed by atoms with E-state index < -0.39 is 5.97 Å². The molecule has 0 aliphatic rings. The molecule has 1 aromatic carbocycles. The third kappa shape index (κ3) is 9.83. The topological polar surface area (TPSA) is 69.6 Å². The normalized spacial score (nSPS) is 8.12. The molecule has 1 rings (SSSR count). The molecule has 0 spiro atoms. The predicted octanol–water partition coefficient (Wildman–Crippen LogP) is -1.36. The van der Waals surface area contributed by atoms with Crippen molar-refractivity contribution in [2.45, 2.75) is 20.3 Å². The zero-order valence-corrected chi connectivity index (χ0v) is 11.9. The van der Waals surface area contributed by atoms with Crippen LogP contribution in [-0.2, 0) is 4.79 Å². The van der Waals surface area contributed by atoms with E-state index in [1.165, 1.54) is 12.1 Å². The van der Waals surface area contributed by atoms with Crippen molar-refractivity contribution in [3.05, 3.63) is 24.3 Å². The van der Waals surface area contributed by atoms with E-state index in [1.807, 2.05) is 6.92 Å². The molecule has 0 bridgehead atoms. The Morgan fingerprint density at radius 1 is 1.31 bits per heavy atom. The van der Waals surface area contributed by atoms with Gasteiger partial charge in [-0.05, 0) is 19.1 Å². The number of hydrogen-bond acceptors (Lipinski definition) is 3. The molecule has 0 saturated heterocycles. The second kappa shape index (κ2) is 10.8. The Balaban J connectivity index is 0. The van der Waals surface area contributed by atoms with Crippen LogP contribution in [0.1, 0.15) is 20.3 Å². The summed E-state index contributed by atoms with van der Waals surface area (Å²) in [5.74, 6) is 0.0237. The van der Waals surface area contributed by atoms with Crippen molar-refractivity contribution in [1.29, 1.82) is 0 Å². The molecule has 16 heavy (non-hydrogen) atoms. The number of aliphatic carboxylic acids is 1. The summed E-state index contributed by atoms with van der Waals surface area (Å²) in [6, 6.07) is 6.33. The first-order valence-corrected chi connectivity index (χ1v) is 4.71. The molecule has 5 heteroatoms. The van der Waals surface area contributed by atoms with E-state index in [4.69, 9.17) is 9.84 Å². The van der Waals surface area contributed by atoms with Gasteiger partial charge < -0.3 is 14.9 Å². The van der Waals surface area contributed by atoms with Crippen LogP contribution in [0.4, 0.5) is 0 Å². The number of benzene rings is 1. The Hall–Kier alpha value is -0.710. The summed E-state index contributed by atoms with van der Waals surface area (Å²) in [6.07, 6.45) is 0.222. The number of carboxylic acid groups (broad SMARTS) is 1. The molecular formula is C11H15NaO4.